The minimum Gasteiger partial charge on any atom is -0.323 e. The second-order valence-corrected chi connectivity index (χ2v) is 9.06. The summed E-state index contributed by atoms with van der Waals surface area (Å²) in [6.45, 7) is 0. The molecule has 0 spiro atoms. The van der Waals surface area contributed by atoms with Gasteiger partial charge in [-0.1, -0.05) is 103 Å². The molecule has 0 bridgehead atoms. The van der Waals surface area contributed by atoms with Gasteiger partial charge in [-0.2, -0.15) is 0 Å². The van der Waals surface area contributed by atoms with Crippen LogP contribution in [0.5, 0.6) is 0 Å². The van der Waals surface area contributed by atoms with E-state index in [1.807, 2.05) is 48.5 Å². The molecule has 3 heteroatoms. The van der Waals surface area contributed by atoms with Crippen molar-refractivity contribution in [3.63, 3.8) is 0 Å². The average Bonchev–Trinajstić information content (AvgIpc) is 2.77. The first-order valence-electron chi connectivity index (χ1n) is 9.63. The maximum Gasteiger partial charge on any atom is 0.248 e. The highest BCUT2D eigenvalue weighted by molar-refractivity contribution is 7.74. The van der Waals surface area contributed by atoms with Crippen molar-refractivity contribution in [3.8, 4) is 0 Å². The highest BCUT2D eigenvalue weighted by atomic mass is 31.1. The molecule has 142 valence electrons. The number of benzene rings is 3. The molecule has 1 N–H and O–H groups in total. The van der Waals surface area contributed by atoms with Gasteiger partial charge in [-0.3, -0.25) is 4.79 Å². The SMILES string of the molecule is O=C(C=C1C=CC=CC1P(c1ccccc1)c1ccccc1)Nc1ccccc1. The number of nitrogens with one attached hydrogen (secondary N) is 1. The van der Waals surface area contributed by atoms with Gasteiger partial charge in [0.05, 0.1) is 0 Å². The highest BCUT2D eigenvalue weighted by Gasteiger charge is 2.26. The quantitative estimate of drug-likeness (QED) is 0.468. The lowest BCUT2D eigenvalue weighted by Gasteiger charge is -2.28. The van der Waals surface area contributed by atoms with Gasteiger partial charge >= 0.3 is 0 Å². The van der Waals surface area contributed by atoms with Crippen LogP contribution in [0.25, 0.3) is 0 Å². The smallest absolute Gasteiger partial charge is 0.248 e. The number of rotatable bonds is 5. The van der Waals surface area contributed by atoms with Gasteiger partial charge in [0.15, 0.2) is 0 Å². The van der Waals surface area contributed by atoms with Crippen molar-refractivity contribution in [1.29, 1.82) is 0 Å². The number of amides is 1. The van der Waals surface area contributed by atoms with Gasteiger partial charge in [-0.25, -0.2) is 0 Å². The average molecular weight is 395 g/mol. The molecule has 4 rings (SSSR count). The molecule has 0 fully saturated rings. The van der Waals surface area contributed by atoms with Crippen LogP contribution in [0.1, 0.15) is 0 Å². The predicted molar refractivity (Wildman–Crippen MR) is 124 cm³/mol. The van der Waals surface area contributed by atoms with Gasteiger partial charge in [-0.05, 0) is 36.2 Å². The molecule has 0 saturated carbocycles. The molecule has 29 heavy (non-hydrogen) atoms. The summed E-state index contributed by atoms with van der Waals surface area (Å²) in [6, 6.07) is 30.7. The molecule has 1 aliphatic carbocycles. The van der Waals surface area contributed by atoms with Crippen molar-refractivity contribution in [2.75, 3.05) is 5.32 Å². The maximum absolute atomic E-state index is 12.7. The summed E-state index contributed by atoms with van der Waals surface area (Å²) in [5.74, 6) is -0.104. The lowest BCUT2D eigenvalue weighted by atomic mass is 10.1. The van der Waals surface area contributed by atoms with E-state index in [4.69, 9.17) is 0 Å². The predicted octanol–water partition coefficient (Wildman–Crippen LogP) is 5.18. The standard InChI is InChI=1S/C26H22NOP/c28-26(27-22-13-4-1-5-14-22)20-21-12-10-11-19-25(21)29(23-15-6-2-7-16-23)24-17-8-3-9-18-24/h1-20,25H,(H,27,28). The summed E-state index contributed by atoms with van der Waals surface area (Å²) < 4.78 is 0. The Morgan fingerprint density at radius 1 is 0.759 bits per heavy atom. The molecule has 1 amide bonds. The van der Waals surface area contributed by atoms with Crippen molar-refractivity contribution >= 4 is 30.1 Å². The lowest BCUT2D eigenvalue weighted by molar-refractivity contribution is -0.111. The van der Waals surface area contributed by atoms with Crippen LogP contribution in [0, 0.1) is 0 Å². The van der Waals surface area contributed by atoms with Crippen molar-refractivity contribution in [2.24, 2.45) is 0 Å². The molecule has 0 aromatic heterocycles. The second-order valence-electron chi connectivity index (χ2n) is 6.73. The molecular weight excluding hydrogens is 373 g/mol. The van der Waals surface area contributed by atoms with Crippen LogP contribution in [0.15, 0.2) is 127 Å². The minimum atomic E-state index is -0.685. The Morgan fingerprint density at radius 3 is 1.90 bits per heavy atom. The Bertz CT molecular complexity index is 1000. The summed E-state index contributed by atoms with van der Waals surface area (Å²) in [6.07, 6.45) is 10.1. The molecule has 1 atom stereocenters. The number of para-hydroxylation sites is 1. The van der Waals surface area contributed by atoms with E-state index in [-0.39, 0.29) is 11.6 Å². The first kappa shape index (κ1) is 19.1. The van der Waals surface area contributed by atoms with Gasteiger partial charge in [0.1, 0.15) is 0 Å². The third-order valence-corrected chi connectivity index (χ3v) is 7.46. The summed E-state index contributed by atoms with van der Waals surface area (Å²) in [7, 11) is -0.685. The fourth-order valence-corrected chi connectivity index (χ4v) is 6.07. The molecule has 1 unspecified atom stereocenters. The van der Waals surface area contributed by atoms with Gasteiger partial charge in [0.2, 0.25) is 5.91 Å². The molecule has 1 aliphatic rings. The molecule has 0 radical (unpaired) electrons. The zero-order valence-corrected chi connectivity index (χ0v) is 16.9. The molecule has 0 heterocycles. The van der Waals surface area contributed by atoms with Crippen LogP contribution < -0.4 is 15.9 Å². The molecule has 3 aromatic carbocycles. The van der Waals surface area contributed by atoms with E-state index in [2.05, 4.69) is 72.1 Å². The van der Waals surface area contributed by atoms with Crippen molar-refractivity contribution in [3.05, 3.63) is 127 Å². The van der Waals surface area contributed by atoms with Gasteiger partial charge in [-0.15, -0.1) is 0 Å². The van der Waals surface area contributed by atoms with Gasteiger partial charge in [0, 0.05) is 17.4 Å². The van der Waals surface area contributed by atoms with E-state index in [0.717, 1.165) is 11.3 Å². The summed E-state index contributed by atoms with van der Waals surface area (Å²) in [5.41, 5.74) is 1.97. The Morgan fingerprint density at radius 2 is 1.31 bits per heavy atom. The Hall–Kier alpha value is -3.22. The number of anilines is 1. The largest absolute Gasteiger partial charge is 0.323 e. The zero-order chi connectivity index (χ0) is 19.9. The second kappa shape index (κ2) is 9.32. The monoisotopic (exact) mass is 395 g/mol. The van der Waals surface area contributed by atoms with Crippen LogP contribution in [0.4, 0.5) is 5.69 Å². The Kier molecular flexibility index (Phi) is 6.14. The fraction of sp³-hybridized carbons (Fsp3) is 0.0385. The van der Waals surface area contributed by atoms with E-state index >= 15 is 0 Å². The Labute approximate surface area is 173 Å². The van der Waals surface area contributed by atoms with Crippen LogP contribution >= 0.6 is 7.92 Å². The van der Waals surface area contributed by atoms with Crippen LogP contribution in [-0.4, -0.2) is 11.6 Å². The fourth-order valence-electron chi connectivity index (χ4n) is 3.41. The van der Waals surface area contributed by atoms with Crippen LogP contribution in [-0.2, 0) is 4.79 Å². The van der Waals surface area contributed by atoms with E-state index in [1.54, 1.807) is 6.08 Å². The number of allylic oxidation sites excluding steroid dienone is 5. The third-order valence-electron chi connectivity index (χ3n) is 4.72. The maximum atomic E-state index is 12.7. The third kappa shape index (κ3) is 4.80. The molecule has 0 aliphatic heterocycles. The minimum absolute atomic E-state index is 0.104. The molecule has 0 saturated heterocycles. The van der Waals surface area contributed by atoms with E-state index in [1.165, 1.54) is 10.6 Å². The first-order valence-corrected chi connectivity index (χ1v) is 11.0. The lowest BCUT2D eigenvalue weighted by Crippen LogP contribution is -2.23. The Balaban J connectivity index is 1.68. The molecular formula is C26H22NOP. The summed E-state index contributed by atoms with van der Waals surface area (Å²) in [4.78, 5) is 12.7. The van der Waals surface area contributed by atoms with Gasteiger partial charge in [0.25, 0.3) is 0 Å². The van der Waals surface area contributed by atoms with E-state index in [9.17, 15) is 4.79 Å². The van der Waals surface area contributed by atoms with Crippen molar-refractivity contribution < 1.29 is 4.79 Å². The number of carbonyl (C=O) groups excluding carboxylic acids is 1. The first-order chi connectivity index (χ1) is 14.3. The zero-order valence-electron chi connectivity index (χ0n) is 16.0. The summed E-state index contributed by atoms with van der Waals surface area (Å²) in [5, 5.41) is 5.56. The molecule has 3 aromatic rings. The van der Waals surface area contributed by atoms with Gasteiger partial charge < -0.3 is 5.32 Å². The van der Waals surface area contributed by atoms with Crippen LogP contribution in [0.2, 0.25) is 0 Å². The number of hydrogen-bond donors (Lipinski definition) is 1. The summed E-state index contributed by atoms with van der Waals surface area (Å²) >= 11 is 0. The number of hydrogen-bond acceptors (Lipinski definition) is 1. The molecule has 2 nitrogen and oxygen atoms in total. The van der Waals surface area contributed by atoms with Crippen molar-refractivity contribution in [2.45, 2.75) is 5.66 Å². The van der Waals surface area contributed by atoms with E-state index in [0.29, 0.717) is 0 Å². The highest BCUT2D eigenvalue weighted by Crippen LogP contribution is 2.45. The van der Waals surface area contributed by atoms with Crippen molar-refractivity contribution in [1.82, 2.24) is 0 Å². The topological polar surface area (TPSA) is 29.1 Å². The van der Waals surface area contributed by atoms with Crippen LogP contribution in [0.3, 0.4) is 0 Å². The number of carbonyl (C=O) groups is 1. The normalized spacial score (nSPS) is 16.9. The van der Waals surface area contributed by atoms with E-state index < -0.39 is 7.92 Å².